The SMILES string of the molecule is CCOc1cncc(-c2cnc(C(=O)N[C@@H](c3cc(NS(=O)(=O)C4CC4)ccn3)[C@@H]3CN(C)CCO3)s2)n1. The number of anilines is 1. The minimum atomic E-state index is -3.45. The van der Waals surface area contributed by atoms with E-state index in [1.54, 1.807) is 24.5 Å². The second kappa shape index (κ2) is 11.3. The zero-order chi connectivity index (χ0) is 26.7. The summed E-state index contributed by atoms with van der Waals surface area (Å²) in [7, 11) is -1.47. The van der Waals surface area contributed by atoms with Crippen molar-refractivity contribution in [1.82, 2.24) is 30.2 Å². The molecule has 3 aromatic rings. The molecule has 4 heterocycles. The molecule has 3 aromatic heterocycles. The fraction of sp³-hybridized carbons (Fsp3) is 0.458. The van der Waals surface area contributed by atoms with Crippen LogP contribution in [0.25, 0.3) is 10.6 Å². The number of morpholine rings is 1. The molecule has 2 N–H and O–H groups in total. The number of carbonyl (C=O) groups is 1. The average Bonchev–Trinajstić information content (AvgIpc) is 3.65. The highest BCUT2D eigenvalue weighted by Gasteiger charge is 2.36. The molecular formula is C24H29N7O5S2. The molecule has 0 unspecified atom stereocenters. The van der Waals surface area contributed by atoms with Crippen LogP contribution in [0.4, 0.5) is 5.69 Å². The lowest BCUT2D eigenvalue weighted by Gasteiger charge is -2.35. The second-order valence-corrected chi connectivity index (χ2v) is 12.1. The third kappa shape index (κ3) is 6.26. The van der Waals surface area contributed by atoms with Gasteiger partial charge in [0.2, 0.25) is 15.9 Å². The summed E-state index contributed by atoms with van der Waals surface area (Å²) in [5.74, 6) is -0.00550. The van der Waals surface area contributed by atoms with Crippen LogP contribution in [0, 0.1) is 0 Å². The van der Waals surface area contributed by atoms with Crippen molar-refractivity contribution in [1.29, 1.82) is 0 Å². The number of amides is 1. The number of pyridine rings is 1. The Balaban J connectivity index is 1.38. The van der Waals surface area contributed by atoms with Crippen LogP contribution in [0.1, 0.15) is 41.3 Å². The number of rotatable bonds is 10. The molecule has 0 aromatic carbocycles. The number of nitrogens with zero attached hydrogens (tertiary/aromatic N) is 5. The van der Waals surface area contributed by atoms with Gasteiger partial charge in [0, 0.05) is 25.5 Å². The molecular weight excluding hydrogens is 530 g/mol. The molecule has 38 heavy (non-hydrogen) atoms. The Hall–Kier alpha value is -3.20. The van der Waals surface area contributed by atoms with Gasteiger partial charge >= 0.3 is 0 Å². The first kappa shape index (κ1) is 26.4. The first-order valence-corrected chi connectivity index (χ1v) is 14.7. The van der Waals surface area contributed by atoms with Crippen molar-refractivity contribution in [3.63, 3.8) is 0 Å². The number of hydrogen-bond donors (Lipinski definition) is 2. The van der Waals surface area contributed by atoms with E-state index in [0.717, 1.165) is 6.54 Å². The van der Waals surface area contributed by atoms with Crippen LogP contribution >= 0.6 is 11.3 Å². The topological polar surface area (TPSA) is 149 Å². The van der Waals surface area contributed by atoms with Gasteiger partial charge in [-0.05, 0) is 38.9 Å². The first-order valence-electron chi connectivity index (χ1n) is 12.3. The molecule has 2 aliphatic rings. The number of ether oxygens (including phenoxy) is 2. The van der Waals surface area contributed by atoms with Crippen LogP contribution in [0.2, 0.25) is 0 Å². The van der Waals surface area contributed by atoms with E-state index in [1.165, 1.54) is 23.7 Å². The number of thiazole rings is 1. The van der Waals surface area contributed by atoms with Crippen LogP contribution in [-0.4, -0.2) is 83.9 Å². The Bertz CT molecular complexity index is 1400. The van der Waals surface area contributed by atoms with Gasteiger partial charge in [-0.2, -0.15) is 0 Å². The summed E-state index contributed by atoms with van der Waals surface area (Å²) < 4.78 is 39.0. The van der Waals surface area contributed by atoms with E-state index in [0.29, 0.717) is 60.4 Å². The molecule has 202 valence electrons. The summed E-state index contributed by atoms with van der Waals surface area (Å²) in [6.07, 6.45) is 7.14. The normalized spacial score (nSPS) is 19.1. The smallest absolute Gasteiger partial charge is 0.280 e. The number of carbonyl (C=O) groups excluding carboxylic acids is 1. The summed E-state index contributed by atoms with van der Waals surface area (Å²) in [6, 6.07) is 2.61. The van der Waals surface area contributed by atoms with Crippen LogP contribution in [-0.2, 0) is 14.8 Å². The number of likely N-dealkylation sites (N-methyl/N-ethyl adjacent to an activating group) is 1. The van der Waals surface area contributed by atoms with Gasteiger partial charge in [-0.25, -0.2) is 18.4 Å². The molecule has 1 aliphatic carbocycles. The third-order valence-corrected chi connectivity index (χ3v) is 9.02. The fourth-order valence-electron chi connectivity index (χ4n) is 4.06. The van der Waals surface area contributed by atoms with Crippen LogP contribution in [0.3, 0.4) is 0 Å². The summed E-state index contributed by atoms with van der Waals surface area (Å²) in [5, 5.41) is 2.90. The van der Waals surface area contributed by atoms with Crippen molar-refractivity contribution in [2.45, 2.75) is 37.2 Å². The molecule has 2 atom stereocenters. The van der Waals surface area contributed by atoms with Gasteiger partial charge in [-0.15, -0.1) is 11.3 Å². The molecule has 0 bridgehead atoms. The van der Waals surface area contributed by atoms with Crippen molar-refractivity contribution in [3.8, 4) is 16.5 Å². The number of sulfonamides is 1. The monoisotopic (exact) mass is 559 g/mol. The Morgan fingerprint density at radius 2 is 2.13 bits per heavy atom. The van der Waals surface area contributed by atoms with Gasteiger partial charge in [0.05, 0.1) is 59.3 Å². The molecule has 1 saturated heterocycles. The van der Waals surface area contributed by atoms with Crippen molar-refractivity contribution >= 4 is 33.0 Å². The predicted octanol–water partition coefficient (Wildman–Crippen LogP) is 2.10. The van der Waals surface area contributed by atoms with Crippen molar-refractivity contribution < 1.29 is 22.7 Å². The lowest BCUT2D eigenvalue weighted by molar-refractivity contribution is -0.0387. The van der Waals surface area contributed by atoms with Crippen molar-refractivity contribution in [2.24, 2.45) is 0 Å². The van der Waals surface area contributed by atoms with E-state index >= 15 is 0 Å². The summed E-state index contributed by atoms with van der Waals surface area (Å²) >= 11 is 1.18. The van der Waals surface area contributed by atoms with Gasteiger partial charge in [-0.1, -0.05) is 0 Å². The van der Waals surface area contributed by atoms with E-state index in [4.69, 9.17) is 9.47 Å². The number of hydrogen-bond acceptors (Lipinski definition) is 11. The highest BCUT2D eigenvalue weighted by Crippen LogP contribution is 2.31. The Morgan fingerprint density at radius 1 is 1.29 bits per heavy atom. The van der Waals surface area contributed by atoms with E-state index in [2.05, 4.69) is 34.9 Å². The molecule has 0 radical (unpaired) electrons. The zero-order valence-electron chi connectivity index (χ0n) is 21.0. The molecule has 5 rings (SSSR count). The highest BCUT2D eigenvalue weighted by molar-refractivity contribution is 7.93. The van der Waals surface area contributed by atoms with Crippen LogP contribution < -0.4 is 14.8 Å². The van der Waals surface area contributed by atoms with Gasteiger partial charge < -0.3 is 19.7 Å². The summed E-state index contributed by atoms with van der Waals surface area (Å²) in [6.45, 7) is 4.15. The number of nitrogens with one attached hydrogen (secondary N) is 2. The largest absolute Gasteiger partial charge is 0.477 e. The van der Waals surface area contributed by atoms with E-state index < -0.39 is 28.1 Å². The van der Waals surface area contributed by atoms with Crippen molar-refractivity contribution in [2.75, 3.05) is 38.1 Å². The Morgan fingerprint density at radius 3 is 2.89 bits per heavy atom. The maximum atomic E-state index is 13.3. The van der Waals surface area contributed by atoms with E-state index in [9.17, 15) is 13.2 Å². The average molecular weight is 560 g/mol. The van der Waals surface area contributed by atoms with Gasteiger partial charge in [0.1, 0.15) is 5.69 Å². The second-order valence-electron chi connectivity index (χ2n) is 9.14. The third-order valence-electron chi connectivity index (χ3n) is 6.14. The summed E-state index contributed by atoms with van der Waals surface area (Å²) in [4.78, 5) is 33.5. The minimum absolute atomic E-state index is 0.239. The lowest BCUT2D eigenvalue weighted by Crippen LogP contribution is -2.48. The minimum Gasteiger partial charge on any atom is -0.477 e. The molecule has 14 heteroatoms. The molecule has 1 aliphatic heterocycles. The van der Waals surface area contributed by atoms with Gasteiger partial charge in [0.15, 0.2) is 5.01 Å². The Kier molecular flexibility index (Phi) is 7.83. The van der Waals surface area contributed by atoms with Gasteiger partial charge in [0.25, 0.3) is 5.91 Å². The van der Waals surface area contributed by atoms with E-state index in [-0.39, 0.29) is 10.3 Å². The fourth-order valence-corrected chi connectivity index (χ4v) is 6.22. The molecule has 2 fully saturated rings. The molecule has 0 spiro atoms. The first-order chi connectivity index (χ1) is 18.3. The van der Waals surface area contributed by atoms with E-state index in [1.807, 2.05) is 14.0 Å². The maximum absolute atomic E-state index is 13.3. The van der Waals surface area contributed by atoms with Crippen molar-refractivity contribution in [3.05, 3.63) is 47.6 Å². The van der Waals surface area contributed by atoms with Gasteiger partial charge in [-0.3, -0.25) is 19.5 Å². The Labute approximate surface area is 224 Å². The zero-order valence-corrected chi connectivity index (χ0v) is 22.7. The van der Waals surface area contributed by atoms with Crippen LogP contribution in [0.15, 0.2) is 36.9 Å². The number of aromatic nitrogens is 4. The highest BCUT2D eigenvalue weighted by atomic mass is 32.2. The molecule has 12 nitrogen and oxygen atoms in total. The quantitative estimate of drug-likeness (QED) is 0.378. The summed E-state index contributed by atoms with van der Waals surface area (Å²) in [5.41, 5.74) is 1.44. The lowest BCUT2D eigenvalue weighted by atomic mass is 10.0. The predicted molar refractivity (Wildman–Crippen MR) is 142 cm³/mol. The molecule has 1 amide bonds. The standard InChI is InChI=1S/C24H29N7O5S2/c1-3-35-21-13-25-11-18(28-21)20-12-27-24(37-20)23(32)29-22(19-14-31(2)8-9-36-19)17-10-15(6-7-26-17)30-38(33,34)16-4-5-16/h6-7,10-13,16,19,22H,3-5,8-9,14H2,1-2H3,(H,26,30)(H,29,32)/t19-,22-/m0/s1. The molecule has 1 saturated carbocycles. The van der Waals surface area contributed by atoms with Crippen LogP contribution in [0.5, 0.6) is 5.88 Å². The maximum Gasteiger partial charge on any atom is 0.280 e.